The highest BCUT2D eigenvalue weighted by Gasteiger charge is 2.34. The van der Waals surface area contributed by atoms with Crippen LogP contribution in [-0.4, -0.2) is 32.7 Å². The van der Waals surface area contributed by atoms with E-state index in [9.17, 15) is 40.0 Å². The first-order valence-electron chi connectivity index (χ1n) is 7.78. The van der Waals surface area contributed by atoms with E-state index in [0.717, 1.165) is 36.4 Å². The van der Waals surface area contributed by atoms with Gasteiger partial charge in [-0.15, -0.1) is 0 Å². The van der Waals surface area contributed by atoms with Crippen LogP contribution in [0.5, 0.6) is 0 Å². The van der Waals surface area contributed by atoms with Gasteiger partial charge in [0.05, 0.1) is 21.7 Å². The first kappa shape index (κ1) is 23.5. The number of carbonyl (C=O) groups is 2. The Bertz CT molecular complexity index is 1060. The second-order valence-electron chi connectivity index (χ2n) is 5.64. The number of ether oxygens (including phenoxy) is 1. The van der Waals surface area contributed by atoms with Crippen molar-refractivity contribution in [1.29, 1.82) is 0 Å². The SMILES string of the molecule is O=C(COC(=O)c1ccc(S(=O)(=O)C(F)F)cc1)Nc1ccc(Cl)cc1C(F)(F)F. The van der Waals surface area contributed by atoms with E-state index in [1.54, 1.807) is 0 Å². The lowest BCUT2D eigenvalue weighted by Gasteiger charge is -2.14. The van der Waals surface area contributed by atoms with Crippen molar-refractivity contribution in [1.82, 2.24) is 0 Å². The number of benzene rings is 2. The van der Waals surface area contributed by atoms with E-state index >= 15 is 0 Å². The van der Waals surface area contributed by atoms with Crippen molar-refractivity contribution in [3.05, 3.63) is 58.6 Å². The van der Waals surface area contributed by atoms with Crippen molar-refractivity contribution in [2.75, 3.05) is 11.9 Å². The molecule has 0 bridgehead atoms. The zero-order valence-corrected chi connectivity index (χ0v) is 16.1. The van der Waals surface area contributed by atoms with E-state index < -0.39 is 56.4 Å². The highest BCUT2D eigenvalue weighted by Crippen LogP contribution is 2.36. The number of sulfone groups is 1. The van der Waals surface area contributed by atoms with E-state index in [4.69, 9.17) is 11.6 Å². The summed E-state index contributed by atoms with van der Waals surface area (Å²) in [6.45, 7) is -0.962. The number of alkyl halides is 5. The van der Waals surface area contributed by atoms with E-state index in [1.807, 2.05) is 5.32 Å². The molecule has 0 saturated carbocycles. The first-order chi connectivity index (χ1) is 13.8. The predicted molar refractivity (Wildman–Crippen MR) is 95.0 cm³/mol. The molecule has 162 valence electrons. The Morgan fingerprint density at radius 1 is 1.07 bits per heavy atom. The van der Waals surface area contributed by atoms with Crippen LogP contribution in [0.25, 0.3) is 0 Å². The molecule has 2 rings (SSSR count). The van der Waals surface area contributed by atoms with Crippen LogP contribution < -0.4 is 5.32 Å². The fourth-order valence-corrected chi connectivity index (χ4v) is 3.04. The highest BCUT2D eigenvalue weighted by atomic mass is 35.5. The van der Waals surface area contributed by atoms with Crippen LogP contribution in [0.2, 0.25) is 5.02 Å². The Morgan fingerprint density at radius 3 is 2.20 bits per heavy atom. The van der Waals surface area contributed by atoms with E-state index in [2.05, 4.69) is 4.74 Å². The third-order valence-electron chi connectivity index (χ3n) is 3.55. The summed E-state index contributed by atoms with van der Waals surface area (Å²) in [6.07, 6.45) is -4.80. The van der Waals surface area contributed by atoms with Gasteiger partial charge in [0.2, 0.25) is 9.84 Å². The molecule has 0 saturated heterocycles. The number of anilines is 1. The highest BCUT2D eigenvalue weighted by molar-refractivity contribution is 7.91. The number of amides is 1. The van der Waals surface area contributed by atoms with Gasteiger partial charge in [-0.3, -0.25) is 4.79 Å². The zero-order chi connectivity index (χ0) is 22.7. The minimum Gasteiger partial charge on any atom is -0.452 e. The molecule has 30 heavy (non-hydrogen) atoms. The number of esters is 1. The van der Waals surface area contributed by atoms with Gasteiger partial charge in [0.15, 0.2) is 6.61 Å². The maximum absolute atomic E-state index is 13.0. The van der Waals surface area contributed by atoms with Gasteiger partial charge in [0.1, 0.15) is 0 Å². The Kier molecular flexibility index (Phi) is 7.03. The number of carbonyl (C=O) groups excluding carboxylic acids is 2. The number of hydrogen-bond acceptors (Lipinski definition) is 5. The Hall–Kier alpha value is -2.73. The fourth-order valence-electron chi connectivity index (χ4n) is 2.14. The molecule has 1 amide bonds. The molecule has 0 aliphatic heterocycles. The van der Waals surface area contributed by atoms with E-state index in [-0.39, 0.29) is 10.6 Å². The van der Waals surface area contributed by atoms with Crippen LogP contribution in [0.3, 0.4) is 0 Å². The maximum atomic E-state index is 13.0. The molecule has 0 radical (unpaired) electrons. The van der Waals surface area contributed by atoms with Crippen LogP contribution >= 0.6 is 11.6 Å². The average molecular weight is 472 g/mol. The number of hydrogen-bond donors (Lipinski definition) is 1. The number of nitrogens with one attached hydrogen (secondary N) is 1. The quantitative estimate of drug-likeness (QED) is 0.505. The van der Waals surface area contributed by atoms with Crippen molar-refractivity contribution in [2.45, 2.75) is 16.8 Å². The molecule has 1 N–H and O–H groups in total. The first-order valence-corrected chi connectivity index (χ1v) is 9.70. The number of halogens is 6. The predicted octanol–water partition coefficient (Wildman–Crippen LogP) is 4.15. The minimum absolute atomic E-state index is 0.205. The summed E-state index contributed by atoms with van der Waals surface area (Å²) in [4.78, 5) is 23.0. The van der Waals surface area contributed by atoms with Gasteiger partial charge in [0, 0.05) is 5.02 Å². The van der Waals surface area contributed by atoms with Gasteiger partial charge < -0.3 is 10.1 Å². The Morgan fingerprint density at radius 2 is 1.67 bits per heavy atom. The summed E-state index contributed by atoms with van der Waals surface area (Å²) in [7, 11) is -4.85. The van der Waals surface area contributed by atoms with Crippen molar-refractivity contribution in [3.8, 4) is 0 Å². The molecule has 0 heterocycles. The molecule has 0 atom stereocenters. The van der Waals surface area contributed by atoms with Crippen LogP contribution in [-0.2, 0) is 25.5 Å². The Balaban J connectivity index is 2.03. The second-order valence-corrected chi connectivity index (χ2v) is 8.00. The molecule has 0 fully saturated rings. The third-order valence-corrected chi connectivity index (χ3v) is 5.18. The van der Waals surface area contributed by atoms with Gasteiger partial charge in [0.25, 0.3) is 5.91 Å². The summed E-state index contributed by atoms with van der Waals surface area (Å²) in [6, 6.07) is 5.93. The Labute approximate surface area is 171 Å². The smallest absolute Gasteiger partial charge is 0.418 e. The zero-order valence-electron chi connectivity index (χ0n) is 14.5. The van der Waals surface area contributed by atoms with Crippen LogP contribution in [0.15, 0.2) is 47.4 Å². The summed E-state index contributed by atoms with van der Waals surface area (Å²) in [5.41, 5.74) is -2.07. The molecule has 2 aromatic carbocycles. The van der Waals surface area contributed by atoms with Crippen LogP contribution in [0.4, 0.5) is 27.6 Å². The normalized spacial score (nSPS) is 12.0. The summed E-state index contributed by atoms with van der Waals surface area (Å²) >= 11 is 5.53. The van der Waals surface area contributed by atoms with Crippen LogP contribution in [0.1, 0.15) is 15.9 Å². The lowest BCUT2D eigenvalue weighted by Crippen LogP contribution is -2.22. The van der Waals surface area contributed by atoms with Gasteiger partial charge in [-0.2, -0.15) is 22.0 Å². The molecule has 13 heteroatoms. The molecule has 2 aromatic rings. The lowest BCUT2D eigenvalue weighted by atomic mass is 10.1. The van der Waals surface area contributed by atoms with Crippen molar-refractivity contribution in [2.24, 2.45) is 0 Å². The molecular weight excluding hydrogens is 461 g/mol. The van der Waals surface area contributed by atoms with Crippen molar-refractivity contribution < 1.29 is 44.7 Å². The van der Waals surface area contributed by atoms with Gasteiger partial charge in [-0.1, -0.05) is 11.6 Å². The monoisotopic (exact) mass is 471 g/mol. The summed E-state index contributed by atoms with van der Waals surface area (Å²) in [5.74, 6) is -5.86. The molecule has 6 nitrogen and oxygen atoms in total. The van der Waals surface area contributed by atoms with E-state index in [1.165, 1.54) is 0 Å². The van der Waals surface area contributed by atoms with Gasteiger partial charge in [-0.25, -0.2) is 13.2 Å². The van der Waals surface area contributed by atoms with Gasteiger partial charge in [-0.05, 0) is 42.5 Å². The molecular formula is C17H11ClF5NO5S. The average Bonchev–Trinajstić information content (AvgIpc) is 2.66. The molecule has 0 unspecified atom stereocenters. The summed E-state index contributed by atoms with van der Waals surface area (Å²) in [5, 5.41) is 1.73. The standard InChI is InChI=1S/C17H11ClF5NO5S/c18-10-3-6-13(12(7-10)17(21,22)23)24-14(25)8-29-15(26)9-1-4-11(5-2-9)30(27,28)16(19)20/h1-7,16H,8H2,(H,24,25). The minimum atomic E-state index is -4.85. The third kappa shape index (κ3) is 5.66. The van der Waals surface area contributed by atoms with E-state index in [0.29, 0.717) is 6.07 Å². The molecule has 0 aliphatic rings. The largest absolute Gasteiger partial charge is 0.452 e. The number of rotatable bonds is 6. The molecule has 0 aliphatic carbocycles. The maximum Gasteiger partial charge on any atom is 0.418 e. The van der Waals surface area contributed by atoms with Gasteiger partial charge >= 0.3 is 17.9 Å². The molecule has 0 aromatic heterocycles. The van der Waals surface area contributed by atoms with Crippen molar-refractivity contribution >= 4 is 39.0 Å². The lowest BCUT2D eigenvalue weighted by molar-refractivity contribution is -0.137. The molecule has 0 spiro atoms. The topological polar surface area (TPSA) is 89.5 Å². The second kappa shape index (κ2) is 8.96. The van der Waals surface area contributed by atoms with Crippen molar-refractivity contribution in [3.63, 3.8) is 0 Å². The van der Waals surface area contributed by atoms with Crippen LogP contribution in [0, 0.1) is 0 Å². The fraction of sp³-hybridized carbons (Fsp3) is 0.176. The summed E-state index contributed by atoms with van der Waals surface area (Å²) < 4.78 is 91.2.